The van der Waals surface area contributed by atoms with Gasteiger partial charge in [-0.15, -0.1) is 0 Å². The average Bonchev–Trinajstić information content (AvgIpc) is 2.47. The van der Waals surface area contributed by atoms with Crippen molar-refractivity contribution in [1.29, 1.82) is 5.26 Å². The molecular weight excluding hydrogens is 301 g/mol. The van der Waals surface area contributed by atoms with Crippen LogP contribution in [0.25, 0.3) is 0 Å². The molecule has 0 aliphatic carbocycles. The summed E-state index contributed by atoms with van der Waals surface area (Å²) in [4.78, 5) is 1.93. The van der Waals surface area contributed by atoms with Crippen molar-refractivity contribution < 1.29 is 4.39 Å². The van der Waals surface area contributed by atoms with E-state index in [1.165, 1.54) is 6.07 Å². The topological polar surface area (TPSA) is 39.1 Å². The maximum atomic E-state index is 14.0. The Labute approximate surface area is 134 Å². The molecule has 1 N–H and O–H groups in total. The van der Waals surface area contributed by atoms with Gasteiger partial charge in [0.2, 0.25) is 0 Å². The predicted octanol–water partition coefficient (Wildman–Crippen LogP) is 4.02. The first-order chi connectivity index (χ1) is 10.5. The fourth-order valence-electron chi connectivity index (χ4n) is 2.09. The minimum Gasteiger partial charge on any atom is -0.381 e. The first-order valence-electron chi connectivity index (χ1n) is 6.85. The van der Waals surface area contributed by atoms with Crippen LogP contribution in [0.4, 0.5) is 10.1 Å². The molecule has 0 aliphatic heterocycles. The van der Waals surface area contributed by atoms with Crippen molar-refractivity contribution in [3.8, 4) is 6.07 Å². The molecule has 0 aromatic heterocycles. The monoisotopic (exact) mass is 317 g/mol. The lowest BCUT2D eigenvalue weighted by Gasteiger charge is -2.12. The molecule has 2 aromatic carbocycles. The molecule has 2 rings (SSSR count). The van der Waals surface area contributed by atoms with Crippen LogP contribution >= 0.6 is 11.6 Å². The van der Waals surface area contributed by atoms with Crippen molar-refractivity contribution in [3.63, 3.8) is 0 Å². The minimum absolute atomic E-state index is 0.203. The van der Waals surface area contributed by atoms with Gasteiger partial charge in [0.15, 0.2) is 0 Å². The summed E-state index contributed by atoms with van der Waals surface area (Å²) in [5, 5.41) is 12.4. The third-order valence-corrected chi connectivity index (χ3v) is 3.50. The molecule has 0 saturated heterocycles. The first kappa shape index (κ1) is 16.3. The third kappa shape index (κ3) is 4.20. The van der Waals surface area contributed by atoms with Crippen LogP contribution in [0.3, 0.4) is 0 Å². The summed E-state index contributed by atoms with van der Waals surface area (Å²) in [6.07, 6.45) is 0. The van der Waals surface area contributed by atoms with E-state index in [1.807, 2.05) is 31.1 Å². The molecule has 0 aliphatic rings. The lowest BCUT2D eigenvalue weighted by molar-refractivity contribution is 0.392. The van der Waals surface area contributed by atoms with Gasteiger partial charge in [0.25, 0.3) is 0 Å². The number of rotatable bonds is 5. The highest BCUT2D eigenvalue weighted by Gasteiger charge is 2.05. The van der Waals surface area contributed by atoms with Crippen molar-refractivity contribution in [2.75, 3.05) is 19.4 Å². The van der Waals surface area contributed by atoms with Crippen LogP contribution in [0, 0.1) is 17.1 Å². The Balaban J connectivity index is 2.04. The lowest BCUT2D eigenvalue weighted by Crippen LogP contribution is -2.12. The SMILES string of the molecule is CN(C)Cc1ccc(CNc2ccc(C#N)c(Cl)c2)cc1F. The van der Waals surface area contributed by atoms with Gasteiger partial charge in [0.05, 0.1) is 10.6 Å². The summed E-state index contributed by atoms with van der Waals surface area (Å²) in [6.45, 7) is 1.06. The summed E-state index contributed by atoms with van der Waals surface area (Å²) in [5.41, 5.74) is 2.75. The number of nitrogens with zero attached hydrogens (tertiary/aromatic N) is 2. The highest BCUT2D eigenvalue weighted by Crippen LogP contribution is 2.21. The van der Waals surface area contributed by atoms with E-state index >= 15 is 0 Å². The minimum atomic E-state index is -0.203. The van der Waals surface area contributed by atoms with E-state index in [9.17, 15) is 4.39 Å². The Hall–Kier alpha value is -2.09. The molecule has 3 nitrogen and oxygen atoms in total. The van der Waals surface area contributed by atoms with E-state index in [-0.39, 0.29) is 5.82 Å². The van der Waals surface area contributed by atoms with Crippen molar-refractivity contribution in [2.24, 2.45) is 0 Å². The molecule has 0 unspecified atom stereocenters. The molecule has 0 fully saturated rings. The summed E-state index contributed by atoms with van der Waals surface area (Å²) < 4.78 is 14.0. The quantitative estimate of drug-likeness (QED) is 0.905. The normalized spacial score (nSPS) is 10.5. The van der Waals surface area contributed by atoms with E-state index in [1.54, 1.807) is 24.3 Å². The van der Waals surface area contributed by atoms with Crippen molar-refractivity contribution >= 4 is 17.3 Å². The Morgan fingerprint density at radius 3 is 2.59 bits per heavy atom. The molecule has 2 aromatic rings. The largest absolute Gasteiger partial charge is 0.381 e. The molecule has 0 bridgehead atoms. The van der Waals surface area contributed by atoms with Crippen LogP contribution in [-0.2, 0) is 13.1 Å². The Kier molecular flexibility index (Phi) is 5.37. The van der Waals surface area contributed by atoms with Gasteiger partial charge in [-0.05, 0) is 43.9 Å². The van der Waals surface area contributed by atoms with E-state index in [0.717, 1.165) is 11.3 Å². The van der Waals surface area contributed by atoms with Gasteiger partial charge < -0.3 is 10.2 Å². The van der Waals surface area contributed by atoms with Gasteiger partial charge >= 0.3 is 0 Å². The maximum absolute atomic E-state index is 14.0. The molecule has 0 atom stereocenters. The van der Waals surface area contributed by atoms with Crippen LogP contribution in [0.2, 0.25) is 5.02 Å². The molecule has 0 amide bonds. The second-order valence-corrected chi connectivity index (χ2v) is 5.73. The fourth-order valence-corrected chi connectivity index (χ4v) is 2.31. The molecule has 114 valence electrons. The number of anilines is 1. The molecule has 0 radical (unpaired) electrons. The first-order valence-corrected chi connectivity index (χ1v) is 7.23. The van der Waals surface area contributed by atoms with Crippen molar-refractivity contribution in [2.45, 2.75) is 13.1 Å². The van der Waals surface area contributed by atoms with Gasteiger partial charge in [-0.2, -0.15) is 5.26 Å². The van der Waals surface area contributed by atoms with Crippen molar-refractivity contribution in [1.82, 2.24) is 4.90 Å². The van der Waals surface area contributed by atoms with Gasteiger partial charge in [0, 0.05) is 24.3 Å². The zero-order valence-corrected chi connectivity index (χ0v) is 13.3. The van der Waals surface area contributed by atoms with Crippen LogP contribution < -0.4 is 5.32 Å². The van der Waals surface area contributed by atoms with E-state index in [0.29, 0.717) is 29.2 Å². The third-order valence-electron chi connectivity index (χ3n) is 3.19. The number of nitriles is 1. The van der Waals surface area contributed by atoms with E-state index in [2.05, 4.69) is 5.32 Å². The number of hydrogen-bond acceptors (Lipinski definition) is 3. The molecule has 22 heavy (non-hydrogen) atoms. The van der Waals surface area contributed by atoms with Crippen molar-refractivity contribution in [3.05, 3.63) is 63.9 Å². The molecule has 5 heteroatoms. The lowest BCUT2D eigenvalue weighted by atomic mass is 10.1. The molecule has 0 saturated carbocycles. The number of nitrogens with one attached hydrogen (secondary N) is 1. The zero-order valence-electron chi connectivity index (χ0n) is 12.5. The number of hydrogen-bond donors (Lipinski definition) is 1. The molecule has 0 spiro atoms. The molecular formula is C17H17ClFN3. The van der Waals surface area contributed by atoms with E-state index < -0.39 is 0 Å². The molecule has 0 heterocycles. The van der Waals surface area contributed by atoms with Gasteiger partial charge in [-0.25, -0.2) is 4.39 Å². The maximum Gasteiger partial charge on any atom is 0.128 e. The van der Waals surface area contributed by atoms with Crippen LogP contribution in [0.5, 0.6) is 0 Å². The second kappa shape index (κ2) is 7.26. The van der Waals surface area contributed by atoms with Gasteiger partial charge in [-0.3, -0.25) is 0 Å². The highest BCUT2D eigenvalue weighted by atomic mass is 35.5. The average molecular weight is 318 g/mol. The number of benzene rings is 2. The summed E-state index contributed by atoms with van der Waals surface area (Å²) in [6, 6.07) is 12.4. The Bertz CT molecular complexity index is 708. The predicted molar refractivity (Wildman–Crippen MR) is 87.3 cm³/mol. The standard InChI is InChI=1S/C17H17ClFN3/c1-22(2)11-14-4-3-12(7-17(14)19)10-21-15-6-5-13(9-20)16(18)8-15/h3-8,21H,10-11H2,1-2H3. The van der Waals surface area contributed by atoms with Crippen LogP contribution in [0.15, 0.2) is 36.4 Å². The Morgan fingerprint density at radius 1 is 1.23 bits per heavy atom. The number of halogens is 2. The van der Waals surface area contributed by atoms with Gasteiger partial charge in [-0.1, -0.05) is 23.7 Å². The smallest absolute Gasteiger partial charge is 0.128 e. The van der Waals surface area contributed by atoms with Crippen LogP contribution in [-0.4, -0.2) is 19.0 Å². The second-order valence-electron chi connectivity index (χ2n) is 5.32. The summed E-state index contributed by atoms with van der Waals surface area (Å²) in [5.74, 6) is -0.203. The fraction of sp³-hybridized carbons (Fsp3) is 0.235. The summed E-state index contributed by atoms with van der Waals surface area (Å²) in [7, 11) is 3.81. The summed E-state index contributed by atoms with van der Waals surface area (Å²) >= 11 is 5.98. The van der Waals surface area contributed by atoms with E-state index in [4.69, 9.17) is 16.9 Å². The van der Waals surface area contributed by atoms with Gasteiger partial charge in [0.1, 0.15) is 11.9 Å². The highest BCUT2D eigenvalue weighted by molar-refractivity contribution is 6.32. The van der Waals surface area contributed by atoms with Crippen LogP contribution in [0.1, 0.15) is 16.7 Å². The zero-order chi connectivity index (χ0) is 16.1. The Morgan fingerprint density at radius 2 is 2.00 bits per heavy atom.